The zero-order valence-electron chi connectivity index (χ0n) is 10.1. The van der Waals surface area contributed by atoms with Gasteiger partial charge < -0.3 is 5.11 Å². The SMILES string of the molecule is CC(C)C(CO)Cc1nc(C2CCC2)cs1. The Bertz CT molecular complexity index is 330. The smallest absolute Gasteiger partial charge is 0.0932 e. The fraction of sp³-hybridized carbons (Fsp3) is 0.769. The van der Waals surface area contributed by atoms with Crippen LogP contribution < -0.4 is 0 Å². The van der Waals surface area contributed by atoms with Crippen LogP contribution >= 0.6 is 11.3 Å². The number of thiazole rings is 1. The lowest BCUT2D eigenvalue weighted by Crippen LogP contribution is -2.16. The number of nitrogens with zero attached hydrogens (tertiary/aromatic N) is 1. The summed E-state index contributed by atoms with van der Waals surface area (Å²) in [5, 5.41) is 12.7. The third kappa shape index (κ3) is 2.64. The molecule has 0 bridgehead atoms. The predicted molar refractivity (Wildman–Crippen MR) is 67.8 cm³/mol. The molecule has 1 unspecified atom stereocenters. The normalized spacial score (nSPS) is 18.8. The van der Waals surface area contributed by atoms with Gasteiger partial charge in [0.05, 0.1) is 10.7 Å². The molecule has 2 rings (SSSR count). The molecule has 0 radical (unpaired) electrons. The van der Waals surface area contributed by atoms with E-state index in [0.29, 0.717) is 11.8 Å². The lowest BCUT2D eigenvalue weighted by Gasteiger charge is -2.23. The van der Waals surface area contributed by atoms with Crippen molar-refractivity contribution in [3.8, 4) is 0 Å². The van der Waals surface area contributed by atoms with Gasteiger partial charge in [-0.05, 0) is 24.7 Å². The van der Waals surface area contributed by atoms with E-state index < -0.39 is 0 Å². The van der Waals surface area contributed by atoms with Crippen molar-refractivity contribution in [2.45, 2.75) is 45.4 Å². The standard InChI is InChI=1S/C13H21NOS/c1-9(2)11(7-15)6-13-14-12(8-16-13)10-4-3-5-10/h8-11,15H,3-7H2,1-2H3. The molecule has 1 aromatic rings. The topological polar surface area (TPSA) is 33.1 Å². The van der Waals surface area contributed by atoms with Crippen LogP contribution in [-0.2, 0) is 6.42 Å². The van der Waals surface area contributed by atoms with Gasteiger partial charge in [0.1, 0.15) is 0 Å². The highest BCUT2D eigenvalue weighted by Crippen LogP contribution is 2.36. The Morgan fingerprint density at radius 2 is 2.25 bits per heavy atom. The number of rotatable bonds is 5. The van der Waals surface area contributed by atoms with E-state index in [9.17, 15) is 5.11 Å². The molecule has 0 spiro atoms. The first-order chi connectivity index (χ1) is 7.70. The Balaban J connectivity index is 1.95. The number of aromatic nitrogens is 1. The van der Waals surface area contributed by atoms with Gasteiger partial charge in [-0.1, -0.05) is 20.3 Å². The average Bonchev–Trinajstić information content (AvgIpc) is 2.59. The summed E-state index contributed by atoms with van der Waals surface area (Å²) in [6.07, 6.45) is 4.93. The van der Waals surface area contributed by atoms with E-state index in [1.165, 1.54) is 30.0 Å². The molecule has 1 N–H and O–H groups in total. The van der Waals surface area contributed by atoms with Crippen molar-refractivity contribution >= 4 is 11.3 Å². The molecule has 16 heavy (non-hydrogen) atoms. The van der Waals surface area contributed by atoms with Crippen molar-refractivity contribution in [1.29, 1.82) is 0 Å². The highest BCUT2D eigenvalue weighted by Gasteiger charge is 2.23. The van der Waals surface area contributed by atoms with Crippen molar-refractivity contribution in [3.05, 3.63) is 16.1 Å². The number of aliphatic hydroxyl groups is 1. The molecule has 2 nitrogen and oxygen atoms in total. The van der Waals surface area contributed by atoms with Gasteiger partial charge in [-0.2, -0.15) is 0 Å². The maximum absolute atomic E-state index is 9.31. The zero-order valence-corrected chi connectivity index (χ0v) is 11.0. The van der Waals surface area contributed by atoms with E-state index in [1.807, 2.05) is 0 Å². The van der Waals surface area contributed by atoms with Crippen molar-refractivity contribution in [2.24, 2.45) is 11.8 Å². The molecule has 90 valence electrons. The van der Waals surface area contributed by atoms with Gasteiger partial charge in [0, 0.05) is 24.3 Å². The first kappa shape index (κ1) is 12.1. The van der Waals surface area contributed by atoms with Gasteiger partial charge in [-0.25, -0.2) is 4.98 Å². The summed E-state index contributed by atoms with van der Waals surface area (Å²) in [5.74, 6) is 1.62. The van der Waals surface area contributed by atoms with Gasteiger partial charge in [-0.15, -0.1) is 11.3 Å². The molecule has 1 aliphatic rings. The second kappa shape index (κ2) is 5.28. The van der Waals surface area contributed by atoms with E-state index in [1.54, 1.807) is 11.3 Å². The van der Waals surface area contributed by atoms with Crippen LogP contribution in [0.2, 0.25) is 0 Å². The highest BCUT2D eigenvalue weighted by atomic mass is 32.1. The number of hydrogen-bond acceptors (Lipinski definition) is 3. The van der Waals surface area contributed by atoms with Crippen molar-refractivity contribution < 1.29 is 5.11 Å². The largest absolute Gasteiger partial charge is 0.396 e. The summed E-state index contributed by atoms with van der Waals surface area (Å²) < 4.78 is 0. The van der Waals surface area contributed by atoms with Crippen LogP contribution in [0.4, 0.5) is 0 Å². The molecule has 1 atom stereocenters. The van der Waals surface area contributed by atoms with Crippen molar-refractivity contribution in [2.75, 3.05) is 6.61 Å². The second-order valence-corrected chi connectivity index (χ2v) is 6.13. The fourth-order valence-electron chi connectivity index (χ4n) is 2.05. The Labute approximate surface area is 102 Å². The maximum Gasteiger partial charge on any atom is 0.0932 e. The predicted octanol–water partition coefficient (Wildman–Crippen LogP) is 3.22. The van der Waals surface area contributed by atoms with Gasteiger partial charge in [0.2, 0.25) is 0 Å². The summed E-state index contributed by atoms with van der Waals surface area (Å²) in [5.41, 5.74) is 1.30. The lowest BCUT2D eigenvalue weighted by atomic mass is 9.83. The van der Waals surface area contributed by atoms with E-state index in [0.717, 1.165) is 12.3 Å². The fourth-order valence-corrected chi connectivity index (χ4v) is 3.02. The highest BCUT2D eigenvalue weighted by molar-refractivity contribution is 7.09. The quantitative estimate of drug-likeness (QED) is 0.856. The molecule has 1 heterocycles. The summed E-state index contributed by atoms with van der Waals surface area (Å²) in [6.45, 7) is 4.61. The van der Waals surface area contributed by atoms with Crippen LogP contribution in [0, 0.1) is 11.8 Å². The van der Waals surface area contributed by atoms with Gasteiger partial charge >= 0.3 is 0 Å². The first-order valence-electron chi connectivity index (χ1n) is 6.26. The Morgan fingerprint density at radius 1 is 1.50 bits per heavy atom. The summed E-state index contributed by atoms with van der Waals surface area (Å²) in [4.78, 5) is 4.71. The maximum atomic E-state index is 9.31. The van der Waals surface area contributed by atoms with Gasteiger partial charge in [0.25, 0.3) is 0 Å². The summed E-state index contributed by atoms with van der Waals surface area (Å²) in [6, 6.07) is 0. The molecule has 1 aliphatic carbocycles. The Morgan fingerprint density at radius 3 is 2.75 bits per heavy atom. The molecular formula is C13H21NOS. The second-order valence-electron chi connectivity index (χ2n) is 5.18. The molecular weight excluding hydrogens is 218 g/mol. The molecule has 0 saturated heterocycles. The zero-order chi connectivity index (χ0) is 11.5. The van der Waals surface area contributed by atoms with Crippen molar-refractivity contribution in [3.63, 3.8) is 0 Å². The van der Waals surface area contributed by atoms with E-state index in [4.69, 9.17) is 4.98 Å². The molecule has 0 aromatic carbocycles. The number of aliphatic hydroxyl groups excluding tert-OH is 1. The third-order valence-corrected chi connectivity index (χ3v) is 4.60. The molecule has 3 heteroatoms. The monoisotopic (exact) mass is 239 g/mol. The average molecular weight is 239 g/mol. The van der Waals surface area contributed by atoms with Crippen LogP contribution in [-0.4, -0.2) is 16.7 Å². The molecule has 0 aliphatic heterocycles. The van der Waals surface area contributed by atoms with Gasteiger partial charge in [-0.3, -0.25) is 0 Å². The van der Waals surface area contributed by atoms with Crippen molar-refractivity contribution in [1.82, 2.24) is 4.98 Å². The Kier molecular flexibility index (Phi) is 3.98. The van der Waals surface area contributed by atoms with Crippen LogP contribution in [0.25, 0.3) is 0 Å². The van der Waals surface area contributed by atoms with E-state index in [2.05, 4.69) is 19.2 Å². The van der Waals surface area contributed by atoms with E-state index in [-0.39, 0.29) is 6.61 Å². The van der Waals surface area contributed by atoms with Crippen LogP contribution in [0.1, 0.15) is 49.7 Å². The molecule has 1 saturated carbocycles. The first-order valence-corrected chi connectivity index (χ1v) is 7.13. The van der Waals surface area contributed by atoms with Crippen LogP contribution in [0.5, 0.6) is 0 Å². The molecule has 0 amide bonds. The minimum atomic E-state index is 0.274. The summed E-state index contributed by atoms with van der Waals surface area (Å²) >= 11 is 1.77. The van der Waals surface area contributed by atoms with E-state index >= 15 is 0 Å². The minimum Gasteiger partial charge on any atom is -0.396 e. The summed E-state index contributed by atoms with van der Waals surface area (Å²) in [7, 11) is 0. The Hall–Kier alpha value is -0.410. The lowest BCUT2D eigenvalue weighted by molar-refractivity contribution is 0.189. The van der Waals surface area contributed by atoms with Gasteiger partial charge in [0.15, 0.2) is 0 Å². The molecule has 1 aromatic heterocycles. The van der Waals surface area contributed by atoms with Crippen LogP contribution in [0.3, 0.4) is 0 Å². The minimum absolute atomic E-state index is 0.274. The number of hydrogen-bond donors (Lipinski definition) is 1. The third-order valence-electron chi connectivity index (χ3n) is 3.71. The molecule has 1 fully saturated rings. The van der Waals surface area contributed by atoms with Crippen LogP contribution in [0.15, 0.2) is 5.38 Å².